The van der Waals surface area contributed by atoms with Crippen LogP contribution >= 0.6 is 0 Å². The van der Waals surface area contributed by atoms with Crippen LogP contribution in [0.3, 0.4) is 0 Å². The molecule has 13 heteroatoms. The van der Waals surface area contributed by atoms with Gasteiger partial charge >= 0.3 is 0 Å². The van der Waals surface area contributed by atoms with Crippen LogP contribution in [-0.2, 0) is 30.8 Å². The summed E-state index contributed by atoms with van der Waals surface area (Å²) in [6.45, 7) is 5.76. The normalized spacial score (nSPS) is 20.4. The van der Waals surface area contributed by atoms with Crippen molar-refractivity contribution in [2.45, 2.75) is 64.1 Å². The highest BCUT2D eigenvalue weighted by Gasteiger charge is 2.38. The highest BCUT2D eigenvalue weighted by molar-refractivity contribution is 7.88. The van der Waals surface area contributed by atoms with E-state index in [9.17, 15) is 22.8 Å². The van der Waals surface area contributed by atoms with Crippen LogP contribution in [0.25, 0.3) is 0 Å². The lowest BCUT2D eigenvalue weighted by atomic mass is 9.96. The molecule has 12 nitrogen and oxygen atoms in total. The monoisotopic (exact) mass is 577 g/mol. The number of nitrogens with zero attached hydrogens (tertiary/aromatic N) is 3. The third-order valence-electron chi connectivity index (χ3n) is 7.51. The van der Waals surface area contributed by atoms with E-state index >= 15 is 0 Å². The summed E-state index contributed by atoms with van der Waals surface area (Å²) in [7, 11) is -3.65. The van der Waals surface area contributed by atoms with E-state index < -0.39 is 40.0 Å². The molecule has 0 bridgehead atoms. The van der Waals surface area contributed by atoms with Gasteiger partial charge in [-0.2, -0.15) is 4.99 Å². The van der Waals surface area contributed by atoms with Gasteiger partial charge in [0.15, 0.2) is 5.96 Å². The van der Waals surface area contributed by atoms with E-state index in [0.29, 0.717) is 39.0 Å². The summed E-state index contributed by atoms with van der Waals surface area (Å²) in [5.41, 5.74) is 12.7. The molecule has 2 heterocycles. The van der Waals surface area contributed by atoms with Crippen LogP contribution in [0.5, 0.6) is 0 Å². The highest BCUT2D eigenvalue weighted by atomic mass is 32.2. The first kappa shape index (κ1) is 31.5. The maximum atomic E-state index is 13.5. The van der Waals surface area contributed by atoms with Crippen molar-refractivity contribution in [1.82, 2.24) is 19.8 Å². The molecule has 3 amide bonds. The topological polar surface area (TPSA) is 180 Å². The number of nitrogens with two attached hydrogens (primary N) is 2. The molecule has 0 saturated carbocycles. The molecule has 2 aliphatic heterocycles. The van der Waals surface area contributed by atoms with Crippen LogP contribution in [0.1, 0.15) is 45.1 Å². The summed E-state index contributed by atoms with van der Waals surface area (Å²) in [5, 5.41) is 3.00. The molecule has 6 N–H and O–H groups in total. The molecule has 1 aromatic rings. The Hall–Kier alpha value is -3.03. The van der Waals surface area contributed by atoms with Crippen molar-refractivity contribution in [3.05, 3.63) is 35.9 Å². The lowest BCUT2D eigenvalue weighted by Gasteiger charge is -2.33. The van der Waals surface area contributed by atoms with Crippen LogP contribution < -0.4 is 21.5 Å². The first-order valence-electron chi connectivity index (χ1n) is 13.8. The van der Waals surface area contributed by atoms with E-state index in [4.69, 9.17) is 11.5 Å². The van der Waals surface area contributed by atoms with Crippen LogP contribution in [0.2, 0.25) is 0 Å². The maximum absolute atomic E-state index is 13.5. The van der Waals surface area contributed by atoms with Crippen molar-refractivity contribution in [1.29, 1.82) is 0 Å². The van der Waals surface area contributed by atoms with Gasteiger partial charge in [-0.25, -0.2) is 13.1 Å². The average Bonchev–Trinajstić information content (AvgIpc) is 3.40. The molecular formula is C27H43N7O5S. The molecule has 0 aromatic heterocycles. The van der Waals surface area contributed by atoms with Gasteiger partial charge in [-0.05, 0) is 49.5 Å². The van der Waals surface area contributed by atoms with Crippen LogP contribution in [0.15, 0.2) is 35.3 Å². The van der Waals surface area contributed by atoms with E-state index in [-0.39, 0.29) is 30.1 Å². The van der Waals surface area contributed by atoms with Gasteiger partial charge in [0.1, 0.15) is 12.1 Å². The Balaban J connectivity index is 1.54. The smallest absolute Gasteiger partial charge is 0.266 e. The number of sulfonamides is 1. The van der Waals surface area contributed by atoms with Crippen molar-refractivity contribution in [2.24, 2.45) is 28.3 Å². The number of rotatable bonds is 10. The van der Waals surface area contributed by atoms with Gasteiger partial charge in [-0.1, -0.05) is 44.2 Å². The summed E-state index contributed by atoms with van der Waals surface area (Å²) >= 11 is 0. The standard InChI is InChI=1S/C27H43N7O5S/c1-18(2)23(28)25(36)31-27(29)33-14-11-20(12-15-33)17-30-24(35)22-10-7-13-34(22)26(37)21(32-40(3,38)39)16-19-8-5-4-6-9-19/h4-6,8-9,18,20-23,32H,7,10-17,28H2,1-3H3,(H,30,35)(H2,29,31,36)/t21-,22+,23+/m1/s1. The Labute approximate surface area is 237 Å². The lowest BCUT2D eigenvalue weighted by molar-refractivity contribution is -0.139. The predicted octanol–water partition coefficient (Wildman–Crippen LogP) is -0.209. The second kappa shape index (κ2) is 14.0. The van der Waals surface area contributed by atoms with Crippen molar-refractivity contribution in [3.8, 4) is 0 Å². The molecule has 3 atom stereocenters. The summed E-state index contributed by atoms with van der Waals surface area (Å²) in [4.78, 5) is 46.1. The number of piperidine rings is 1. The Morgan fingerprint density at radius 1 is 1.07 bits per heavy atom. The van der Waals surface area contributed by atoms with E-state index in [1.165, 1.54) is 4.90 Å². The first-order valence-corrected chi connectivity index (χ1v) is 15.7. The van der Waals surface area contributed by atoms with Crippen molar-refractivity contribution in [2.75, 3.05) is 32.4 Å². The first-order chi connectivity index (χ1) is 18.9. The Kier molecular flexibility index (Phi) is 11.1. The Morgan fingerprint density at radius 3 is 2.33 bits per heavy atom. The van der Waals surface area contributed by atoms with E-state index in [1.54, 1.807) is 0 Å². The van der Waals surface area contributed by atoms with E-state index in [1.807, 2.05) is 49.1 Å². The highest BCUT2D eigenvalue weighted by Crippen LogP contribution is 2.21. The van der Waals surface area contributed by atoms with E-state index in [0.717, 1.165) is 24.7 Å². The van der Waals surface area contributed by atoms with Gasteiger partial charge in [-0.3, -0.25) is 14.4 Å². The molecular weight excluding hydrogens is 534 g/mol. The molecule has 0 radical (unpaired) electrons. The molecule has 2 aliphatic rings. The number of benzene rings is 1. The molecule has 40 heavy (non-hydrogen) atoms. The molecule has 0 unspecified atom stereocenters. The van der Waals surface area contributed by atoms with Gasteiger partial charge in [-0.15, -0.1) is 0 Å². The second-order valence-electron chi connectivity index (χ2n) is 11.1. The summed E-state index contributed by atoms with van der Waals surface area (Å²) in [6.07, 6.45) is 3.91. The number of hydrogen-bond acceptors (Lipinski definition) is 6. The Bertz CT molecular complexity index is 1170. The Morgan fingerprint density at radius 2 is 1.73 bits per heavy atom. The largest absolute Gasteiger partial charge is 0.369 e. The van der Waals surface area contributed by atoms with Crippen molar-refractivity contribution in [3.63, 3.8) is 0 Å². The predicted molar refractivity (Wildman–Crippen MR) is 153 cm³/mol. The third kappa shape index (κ3) is 9.00. The minimum absolute atomic E-state index is 0.0322. The fraction of sp³-hybridized carbons (Fsp3) is 0.630. The number of guanidine groups is 1. The van der Waals surface area contributed by atoms with Gasteiger partial charge in [0.05, 0.1) is 12.3 Å². The zero-order valence-electron chi connectivity index (χ0n) is 23.6. The summed E-state index contributed by atoms with van der Waals surface area (Å²) in [5.74, 6) is -0.728. The summed E-state index contributed by atoms with van der Waals surface area (Å²) < 4.78 is 26.5. The zero-order chi connectivity index (χ0) is 29.4. The molecule has 2 saturated heterocycles. The van der Waals surface area contributed by atoms with E-state index in [2.05, 4.69) is 15.0 Å². The number of amides is 3. The number of carbonyl (C=O) groups excluding carboxylic acids is 3. The fourth-order valence-corrected chi connectivity index (χ4v) is 5.76. The number of aliphatic imine (C=N–C) groups is 1. The zero-order valence-corrected chi connectivity index (χ0v) is 24.4. The van der Waals surface area contributed by atoms with Crippen LogP contribution in [0, 0.1) is 11.8 Å². The number of likely N-dealkylation sites (tertiary alicyclic amines) is 2. The molecule has 3 rings (SSSR count). The maximum Gasteiger partial charge on any atom is 0.266 e. The molecule has 222 valence electrons. The quantitative estimate of drug-likeness (QED) is 0.218. The van der Waals surface area contributed by atoms with Crippen molar-refractivity contribution >= 4 is 33.7 Å². The van der Waals surface area contributed by atoms with Gasteiger partial charge in [0, 0.05) is 26.2 Å². The van der Waals surface area contributed by atoms with Crippen LogP contribution in [0.4, 0.5) is 0 Å². The second-order valence-corrected chi connectivity index (χ2v) is 12.9. The van der Waals surface area contributed by atoms with Crippen molar-refractivity contribution < 1.29 is 22.8 Å². The van der Waals surface area contributed by atoms with Gasteiger partial charge < -0.3 is 26.6 Å². The lowest BCUT2D eigenvalue weighted by Crippen LogP contribution is -2.54. The van der Waals surface area contributed by atoms with Gasteiger partial charge in [0.25, 0.3) is 5.91 Å². The third-order valence-corrected chi connectivity index (χ3v) is 8.22. The van der Waals surface area contributed by atoms with Gasteiger partial charge in [0.2, 0.25) is 21.8 Å². The molecule has 0 spiro atoms. The SMILES string of the molecule is CC(C)[C@H](N)C(=O)N=C(N)N1CCC(CNC(=O)[C@@H]2CCCN2C(=O)[C@@H](Cc2ccccc2)NS(C)(=O)=O)CC1. The minimum atomic E-state index is -3.65. The number of hydrogen-bond donors (Lipinski definition) is 4. The van der Waals surface area contributed by atoms with Crippen LogP contribution in [-0.4, -0.2) is 92.5 Å². The molecule has 0 aliphatic carbocycles. The summed E-state index contributed by atoms with van der Waals surface area (Å²) in [6, 6.07) is 6.85. The minimum Gasteiger partial charge on any atom is -0.369 e. The molecule has 2 fully saturated rings. The number of carbonyl (C=O) groups is 3. The molecule has 1 aromatic carbocycles. The number of nitrogens with one attached hydrogen (secondary N) is 2. The fourth-order valence-electron chi connectivity index (χ4n) is 5.06. The average molecular weight is 578 g/mol.